The summed E-state index contributed by atoms with van der Waals surface area (Å²) in [6, 6.07) is 16.4. The summed E-state index contributed by atoms with van der Waals surface area (Å²) in [6.07, 6.45) is 4.50. The molecule has 46 heavy (non-hydrogen) atoms. The zero-order valence-electron chi connectivity index (χ0n) is 26.3. The van der Waals surface area contributed by atoms with Crippen molar-refractivity contribution in [1.82, 2.24) is 30.3 Å². The Hall–Kier alpha value is -4.32. The predicted molar refractivity (Wildman–Crippen MR) is 172 cm³/mol. The molecular weight excluding hydrogens is 587 g/mol. The summed E-state index contributed by atoms with van der Waals surface area (Å²) in [7, 11) is 1.94. The number of phenols is 1. The van der Waals surface area contributed by atoms with Gasteiger partial charge in [0.1, 0.15) is 22.9 Å². The van der Waals surface area contributed by atoms with E-state index in [9.17, 15) is 14.3 Å². The van der Waals surface area contributed by atoms with Gasteiger partial charge in [0.15, 0.2) is 0 Å². The van der Waals surface area contributed by atoms with Gasteiger partial charge in [0.25, 0.3) is 5.91 Å². The SMILES string of the molecule is Cc1cc(CN[C@H]2CC[C@@H](NC(=O)c3cc(F)cnc3Oc3cccc(-c4ccc(O)cc4CN4CCOCC4)c3)CC2)nn1C. The Kier molecular flexibility index (Phi) is 9.91. The molecule has 10 nitrogen and oxygen atoms in total. The number of hydrogen-bond donors (Lipinski definition) is 3. The number of amides is 1. The Bertz CT molecular complexity index is 1640. The standard InChI is InChI=1S/C35H41FN6O4/c1-23-16-29(40-41(23)2)21-37-27-6-8-28(9-7-27)39-34(44)33-19-26(36)20-38-35(33)46-31-5-3-4-24(18-31)32-11-10-30(43)17-25(32)22-42-12-14-45-15-13-42/h3-5,10-11,16-20,27-28,37,43H,6-9,12-15,21-22H2,1-2H3,(H,39,44)/t27-,28+. The number of nitrogens with zero attached hydrogens (tertiary/aromatic N) is 4. The van der Waals surface area contributed by atoms with Crippen molar-refractivity contribution < 1.29 is 23.8 Å². The quantitative estimate of drug-likeness (QED) is 0.223. The van der Waals surface area contributed by atoms with Gasteiger partial charge in [-0.05, 0) is 85.7 Å². The Morgan fingerprint density at radius 3 is 2.61 bits per heavy atom. The molecule has 11 heteroatoms. The number of ether oxygens (including phenoxy) is 2. The molecule has 0 bridgehead atoms. The van der Waals surface area contributed by atoms with Crippen LogP contribution in [0.4, 0.5) is 4.39 Å². The van der Waals surface area contributed by atoms with E-state index in [0.717, 1.165) is 73.0 Å². The number of hydrogen-bond acceptors (Lipinski definition) is 8. The van der Waals surface area contributed by atoms with Gasteiger partial charge >= 0.3 is 0 Å². The number of phenolic OH excluding ortho intramolecular Hbond substituents is 1. The van der Waals surface area contributed by atoms with E-state index >= 15 is 0 Å². The third-order valence-corrected chi connectivity index (χ3v) is 8.81. The van der Waals surface area contributed by atoms with Crippen LogP contribution in [0.1, 0.15) is 53.0 Å². The highest BCUT2D eigenvalue weighted by molar-refractivity contribution is 5.96. The minimum atomic E-state index is -0.610. The normalized spacial score (nSPS) is 18.8. The summed E-state index contributed by atoms with van der Waals surface area (Å²) in [5, 5.41) is 21.4. The molecule has 1 aliphatic carbocycles. The molecule has 0 radical (unpaired) electrons. The summed E-state index contributed by atoms with van der Waals surface area (Å²) in [4.78, 5) is 19.8. The first-order valence-corrected chi connectivity index (χ1v) is 15.9. The van der Waals surface area contributed by atoms with Crippen LogP contribution < -0.4 is 15.4 Å². The molecule has 1 saturated carbocycles. The van der Waals surface area contributed by atoms with E-state index in [-0.39, 0.29) is 23.2 Å². The fraction of sp³-hybridized carbons (Fsp3) is 0.400. The lowest BCUT2D eigenvalue weighted by Gasteiger charge is -2.29. The predicted octanol–water partition coefficient (Wildman–Crippen LogP) is 5.09. The van der Waals surface area contributed by atoms with Gasteiger partial charge in [0, 0.05) is 51.0 Å². The van der Waals surface area contributed by atoms with Crippen LogP contribution in [0.15, 0.2) is 60.8 Å². The van der Waals surface area contributed by atoms with E-state index in [1.54, 1.807) is 18.2 Å². The largest absolute Gasteiger partial charge is 0.508 e. The molecule has 0 spiro atoms. The molecule has 2 fully saturated rings. The third-order valence-electron chi connectivity index (χ3n) is 8.81. The first-order chi connectivity index (χ1) is 22.3. The van der Waals surface area contributed by atoms with E-state index in [0.29, 0.717) is 38.1 Å². The smallest absolute Gasteiger partial charge is 0.257 e. The maximum Gasteiger partial charge on any atom is 0.257 e. The van der Waals surface area contributed by atoms with Gasteiger partial charge in [-0.1, -0.05) is 18.2 Å². The lowest BCUT2D eigenvalue weighted by Crippen LogP contribution is -2.42. The summed E-state index contributed by atoms with van der Waals surface area (Å²) in [5.41, 5.74) is 5.02. The maximum atomic E-state index is 14.3. The van der Waals surface area contributed by atoms with Crippen LogP contribution in [0, 0.1) is 12.7 Å². The minimum Gasteiger partial charge on any atom is -0.508 e. The molecule has 3 N–H and O–H groups in total. The van der Waals surface area contributed by atoms with Crippen molar-refractivity contribution in [2.75, 3.05) is 26.3 Å². The van der Waals surface area contributed by atoms with Gasteiger partial charge < -0.3 is 25.2 Å². The van der Waals surface area contributed by atoms with Gasteiger partial charge in [0.2, 0.25) is 5.88 Å². The molecule has 0 atom stereocenters. The molecule has 4 aromatic rings. The summed E-state index contributed by atoms with van der Waals surface area (Å²) in [5.74, 6) is -0.317. The highest BCUT2D eigenvalue weighted by atomic mass is 19.1. The van der Waals surface area contributed by atoms with Crippen LogP contribution in [0.2, 0.25) is 0 Å². The zero-order valence-corrected chi connectivity index (χ0v) is 26.3. The monoisotopic (exact) mass is 628 g/mol. The molecule has 242 valence electrons. The highest BCUT2D eigenvalue weighted by Gasteiger charge is 2.25. The Labute approximate surface area is 268 Å². The van der Waals surface area contributed by atoms with E-state index in [4.69, 9.17) is 9.47 Å². The molecular formula is C35H41FN6O4. The Balaban J connectivity index is 1.10. The topological polar surface area (TPSA) is 114 Å². The number of carbonyl (C=O) groups excluding carboxylic acids is 1. The van der Waals surface area contributed by atoms with Gasteiger partial charge in [-0.15, -0.1) is 0 Å². The number of pyridine rings is 1. The van der Waals surface area contributed by atoms with Gasteiger partial charge in [-0.3, -0.25) is 14.4 Å². The third kappa shape index (κ3) is 7.90. The number of rotatable bonds is 10. The van der Waals surface area contributed by atoms with Gasteiger partial charge in [-0.2, -0.15) is 5.10 Å². The molecule has 1 amide bonds. The summed E-state index contributed by atoms with van der Waals surface area (Å²) in [6.45, 7) is 6.43. The number of aromatic hydroxyl groups is 1. The lowest BCUT2D eigenvalue weighted by molar-refractivity contribution is 0.0342. The van der Waals surface area contributed by atoms with Crippen LogP contribution in [0.3, 0.4) is 0 Å². The van der Waals surface area contributed by atoms with Gasteiger partial charge in [-0.25, -0.2) is 9.37 Å². The fourth-order valence-corrected chi connectivity index (χ4v) is 6.18. The molecule has 6 rings (SSSR count). The number of halogens is 1. The second-order valence-corrected chi connectivity index (χ2v) is 12.2. The molecule has 1 aliphatic heterocycles. The second kappa shape index (κ2) is 14.4. The molecule has 0 unspecified atom stereocenters. The van der Waals surface area contributed by atoms with Crippen LogP contribution in [-0.2, 0) is 24.9 Å². The summed E-state index contributed by atoms with van der Waals surface area (Å²) >= 11 is 0. The number of nitrogens with one attached hydrogen (secondary N) is 2. The first-order valence-electron chi connectivity index (χ1n) is 15.9. The van der Waals surface area contributed by atoms with Crippen molar-refractivity contribution in [2.45, 2.75) is 57.8 Å². The van der Waals surface area contributed by atoms with E-state index in [1.165, 1.54) is 6.07 Å². The molecule has 1 saturated heterocycles. The summed E-state index contributed by atoms with van der Waals surface area (Å²) < 4.78 is 27.8. The van der Waals surface area contributed by atoms with Crippen LogP contribution in [0.25, 0.3) is 11.1 Å². The Morgan fingerprint density at radius 1 is 1.07 bits per heavy atom. The van der Waals surface area contributed by atoms with Crippen molar-refractivity contribution in [3.8, 4) is 28.5 Å². The van der Waals surface area contributed by atoms with Crippen molar-refractivity contribution in [3.05, 3.63) is 89.1 Å². The maximum absolute atomic E-state index is 14.3. The zero-order chi connectivity index (χ0) is 32.0. The molecule has 2 aliphatic rings. The minimum absolute atomic E-state index is 0.0264. The van der Waals surface area contributed by atoms with Crippen molar-refractivity contribution in [1.29, 1.82) is 0 Å². The lowest BCUT2D eigenvalue weighted by atomic mass is 9.91. The second-order valence-electron chi connectivity index (χ2n) is 12.2. The van der Waals surface area contributed by atoms with Crippen molar-refractivity contribution >= 4 is 5.91 Å². The molecule has 3 heterocycles. The average Bonchev–Trinajstić information content (AvgIpc) is 3.38. The highest BCUT2D eigenvalue weighted by Crippen LogP contribution is 2.33. The Morgan fingerprint density at radius 2 is 1.85 bits per heavy atom. The molecule has 2 aromatic carbocycles. The van der Waals surface area contributed by atoms with Crippen molar-refractivity contribution in [2.24, 2.45) is 7.05 Å². The van der Waals surface area contributed by atoms with Crippen LogP contribution in [-0.4, -0.2) is 69.1 Å². The number of benzene rings is 2. The van der Waals surface area contributed by atoms with E-state index in [2.05, 4.69) is 31.7 Å². The number of aromatic nitrogens is 3. The van der Waals surface area contributed by atoms with Gasteiger partial charge in [0.05, 0.1) is 25.1 Å². The van der Waals surface area contributed by atoms with Crippen LogP contribution >= 0.6 is 0 Å². The van der Waals surface area contributed by atoms with E-state index in [1.807, 2.05) is 42.9 Å². The fourth-order valence-electron chi connectivity index (χ4n) is 6.18. The van der Waals surface area contributed by atoms with Crippen LogP contribution in [0.5, 0.6) is 17.4 Å². The number of aryl methyl sites for hydroxylation is 2. The first kappa shape index (κ1) is 31.7. The average molecular weight is 629 g/mol. The number of carbonyl (C=O) groups is 1. The van der Waals surface area contributed by atoms with E-state index < -0.39 is 11.7 Å². The number of morpholine rings is 1. The van der Waals surface area contributed by atoms with Crippen molar-refractivity contribution in [3.63, 3.8) is 0 Å². The molecule has 2 aromatic heterocycles.